The third kappa shape index (κ3) is 1.88. The van der Waals surface area contributed by atoms with E-state index in [1.807, 2.05) is 0 Å². The van der Waals surface area contributed by atoms with E-state index in [4.69, 9.17) is 15.2 Å². The number of halogens is 1. The highest BCUT2D eigenvalue weighted by molar-refractivity contribution is 9.10. The van der Waals surface area contributed by atoms with E-state index in [0.29, 0.717) is 12.0 Å². The maximum Gasteiger partial charge on any atom is 0.137 e. The molecule has 0 radical (unpaired) electrons. The summed E-state index contributed by atoms with van der Waals surface area (Å²) >= 11 is 3.76. The van der Waals surface area contributed by atoms with Crippen molar-refractivity contribution in [1.82, 2.24) is 0 Å². The van der Waals surface area contributed by atoms with Crippen molar-refractivity contribution in [3.63, 3.8) is 0 Å². The lowest BCUT2D eigenvalue weighted by Crippen LogP contribution is -2.36. The second-order valence-corrected chi connectivity index (χ2v) is 6.97. The number of nitrogens with two attached hydrogens (primary N) is 1. The zero-order chi connectivity index (χ0) is 13.7. The summed E-state index contributed by atoms with van der Waals surface area (Å²) in [7, 11) is 0. The van der Waals surface area contributed by atoms with Gasteiger partial charge in [-0.2, -0.15) is 0 Å². The summed E-state index contributed by atoms with van der Waals surface area (Å²) in [5.41, 5.74) is 10.1. The van der Waals surface area contributed by atoms with Gasteiger partial charge in [-0.3, -0.25) is 0 Å². The number of benzene rings is 1. The number of rotatable bonds is 1. The van der Waals surface area contributed by atoms with Crippen LogP contribution in [0.2, 0.25) is 0 Å². The Bertz CT molecular complexity index is 515. The maximum atomic E-state index is 6.07. The highest BCUT2D eigenvalue weighted by atomic mass is 79.9. The van der Waals surface area contributed by atoms with Crippen LogP contribution in [0.25, 0.3) is 0 Å². The molecule has 1 saturated carbocycles. The molecule has 0 unspecified atom stereocenters. The van der Waals surface area contributed by atoms with Crippen LogP contribution in [0.15, 0.2) is 4.47 Å². The smallest absolute Gasteiger partial charge is 0.137 e. The average molecular weight is 338 g/mol. The van der Waals surface area contributed by atoms with Crippen LogP contribution in [0.5, 0.6) is 11.5 Å². The topological polar surface area (TPSA) is 44.5 Å². The third-order valence-corrected chi connectivity index (χ3v) is 5.64. The predicted octanol–water partition coefficient (Wildman–Crippen LogP) is 3.30. The molecule has 0 bridgehead atoms. The molecule has 0 aromatic heterocycles. The molecule has 0 atom stereocenters. The first-order valence-corrected chi connectivity index (χ1v) is 8.43. The van der Waals surface area contributed by atoms with Crippen molar-refractivity contribution in [2.45, 2.75) is 50.5 Å². The Morgan fingerprint density at radius 3 is 2.30 bits per heavy atom. The van der Waals surface area contributed by atoms with Crippen LogP contribution >= 0.6 is 15.9 Å². The van der Waals surface area contributed by atoms with Crippen molar-refractivity contribution in [1.29, 1.82) is 0 Å². The van der Waals surface area contributed by atoms with Crippen LogP contribution < -0.4 is 15.2 Å². The molecule has 108 valence electrons. The van der Waals surface area contributed by atoms with Crippen molar-refractivity contribution in [3.8, 4) is 11.5 Å². The second kappa shape index (κ2) is 4.92. The number of hydrogen-bond donors (Lipinski definition) is 1. The fourth-order valence-electron chi connectivity index (χ4n) is 3.75. The fourth-order valence-corrected chi connectivity index (χ4v) is 4.49. The van der Waals surface area contributed by atoms with Gasteiger partial charge < -0.3 is 15.2 Å². The molecule has 0 amide bonds. The summed E-state index contributed by atoms with van der Waals surface area (Å²) in [6.45, 7) is 1.67. The normalized spacial score (nSPS) is 27.7. The third-order valence-electron chi connectivity index (χ3n) is 4.80. The lowest BCUT2D eigenvalue weighted by atomic mass is 9.72. The zero-order valence-corrected chi connectivity index (χ0v) is 13.2. The highest BCUT2D eigenvalue weighted by Gasteiger charge is 2.36. The summed E-state index contributed by atoms with van der Waals surface area (Å²) in [5, 5.41) is 0. The van der Waals surface area contributed by atoms with Crippen LogP contribution in [0.1, 0.15) is 48.3 Å². The summed E-state index contributed by atoms with van der Waals surface area (Å²) < 4.78 is 13.2. The van der Waals surface area contributed by atoms with Gasteiger partial charge in [0.15, 0.2) is 0 Å². The summed E-state index contributed by atoms with van der Waals surface area (Å²) in [6.07, 6.45) is 6.55. The molecule has 2 aliphatic heterocycles. The van der Waals surface area contributed by atoms with Crippen molar-refractivity contribution >= 4 is 15.9 Å². The van der Waals surface area contributed by atoms with Gasteiger partial charge in [-0.1, -0.05) is 0 Å². The second-order valence-electron chi connectivity index (χ2n) is 6.18. The molecule has 1 aliphatic carbocycles. The number of hydrogen-bond acceptors (Lipinski definition) is 3. The molecular weight excluding hydrogens is 318 g/mol. The van der Waals surface area contributed by atoms with Gasteiger partial charge in [-0.05, 0) is 60.4 Å². The van der Waals surface area contributed by atoms with Gasteiger partial charge in [0.25, 0.3) is 0 Å². The van der Waals surface area contributed by atoms with Crippen LogP contribution in [-0.4, -0.2) is 19.3 Å². The van der Waals surface area contributed by atoms with Gasteiger partial charge in [0, 0.05) is 22.7 Å². The minimum Gasteiger partial charge on any atom is -0.493 e. The largest absolute Gasteiger partial charge is 0.493 e. The predicted molar refractivity (Wildman–Crippen MR) is 81.7 cm³/mol. The van der Waals surface area contributed by atoms with Crippen LogP contribution in [0, 0.1) is 0 Å². The van der Waals surface area contributed by atoms with Crippen molar-refractivity contribution in [3.05, 3.63) is 21.2 Å². The lowest BCUT2D eigenvalue weighted by molar-refractivity contribution is 0.255. The van der Waals surface area contributed by atoms with Gasteiger partial charge >= 0.3 is 0 Å². The lowest BCUT2D eigenvalue weighted by Gasteiger charge is -2.38. The molecule has 3 nitrogen and oxygen atoms in total. The van der Waals surface area contributed by atoms with E-state index < -0.39 is 0 Å². The van der Waals surface area contributed by atoms with Gasteiger partial charge in [0.2, 0.25) is 0 Å². The Kier molecular flexibility index (Phi) is 3.19. The number of ether oxygens (including phenoxy) is 2. The van der Waals surface area contributed by atoms with Gasteiger partial charge in [0.05, 0.1) is 17.7 Å². The van der Waals surface area contributed by atoms with E-state index in [0.717, 1.165) is 67.7 Å². The van der Waals surface area contributed by atoms with E-state index in [9.17, 15) is 0 Å². The summed E-state index contributed by atoms with van der Waals surface area (Å²) in [5.74, 6) is 2.79. The highest BCUT2D eigenvalue weighted by Crippen LogP contribution is 2.52. The van der Waals surface area contributed by atoms with Crippen LogP contribution in [0.3, 0.4) is 0 Å². The summed E-state index contributed by atoms with van der Waals surface area (Å²) in [6, 6.07) is 0.364. The first-order chi connectivity index (χ1) is 9.75. The Hall–Kier alpha value is -0.740. The Labute approximate surface area is 127 Å². The molecule has 2 heterocycles. The molecule has 3 aliphatic rings. The Morgan fingerprint density at radius 1 is 0.950 bits per heavy atom. The first-order valence-electron chi connectivity index (χ1n) is 7.64. The molecule has 4 heteroatoms. The molecule has 0 saturated heterocycles. The minimum absolute atomic E-state index is 0.364. The molecule has 20 heavy (non-hydrogen) atoms. The van der Waals surface area contributed by atoms with E-state index in [1.54, 1.807) is 0 Å². The van der Waals surface area contributed by atoms with Crippen molar-refractivity contribution < 1.29 is 9.47 Å². The average Bonchev–Trinajstić information content (AvgIpc) is 2.46. The molecule has 1 aromatic carbocycles. The van der Waals surface area contributed by atoms with E-state index in [1.165, 1.54) is 16.7 Å². The van der Waals surface area contributed by atoms with E-state index in [2.05, 4.69) is 15.9 Å². The van der Waals surface area contributed by atoms with Crippen LogP contribution in [-0.2, 0) is 12.8 Å². The van der Waals surface area contributed by atoms with Crippen molar-refractivity contribution in [2.24, 2.45) is 5.73 Å². The number of fused-ring (bicyclic) bond motifs is 2. The van der Waals surface area contributed by atoms with Gasteiger partial charge in [-0.15, -0.1) is 0 Å². The van der Waals surface area contributed by atoms with E-state index >= 15 is 0 Å². The standard InChI is InChI=1S/C16H20BrNO2/c17-14-12-4-2-5-19-15(12)13(9-7-10(18)8-9)11-3-1-6-20-16(11)14/h9-10H,1-8,18H2. The first kappa shape index (κ1) is 13.0. The molecule has 0 spiro atoms. The van der Waals surface area contributed by atoms with E-state index in [-0.39, 0.29) is 0 Å². The molecule has 4 rings (SSSR count). The fraction of sp³-hybridized carbons (Fsp3) is 0.625. The summed E-state index contributed by atoms with van der Waals surface area (Å²) in [4.78, 5) is 0. The maximum absolute atomic E-state index is 6.07. The molecule has 1 fully saturated rings. The molecule has 2 N–H and O–H groups in total. The van der Waals surface area contributed by atoms with Crippen LogP contribution in [0.4, 0.5) is 0 Å². The Morgan fingerprint density at radius 2 is 1.60 bits per heavy atom. The molecular formula is C16H20BrNO2. The monoisotopic (exact) mass is 337 g/mol. The quantitative estimate of drug-likeness (QED) is 0.854. The Balaban J connectivity index is 1.90. The molecule has 1 aromatic rings. The SMILES string of the molecule is NC1CC(c2c3c(c(Br)c4c2OCCC4)OCCC3)C1. The van der Waals surface area contributed by atoms with Crippen molar-refractivity contribution in [2.75, 3.05) is 13.2 Å². The zero-order valence-electron chi connectivity index (χ0n) is 11.6. The minimum atomic E-state index is 0.364. The van der Waals surface area contributed by atoms with Gasteiger partial charge in [0.1, 0.15) is 11.5 Å². The van der Waals surface area contributed by atoms with Gasteiger partial charge in [-0.25, -0.2) is 0 Å².